The van der Waals surface area contributed by atoms with Crippen molar-refractivity contribution in [1.82, 2.24) is 0 Å². The number of allylic oxidation sites excluding steroid dienone is 2. The van der Waals surface area contributed by atoms with E-state index in [1.54, 1.807) is 6.07 Å². The van der Waals surface area contributed by atoms with Crippen molar-refractivity contribution in [2.75, 3.05) is 4.90 Å². The average Bonchev–Trinajstić information content (AvgIpc) is 3.12. The molecular formula is C16H14N2O4. The Hall–Kier alpha value is -2.50. The monoisotopic (exact) mass is 298 g/mol. The molecule has 0 aromatic heterocycles. The number of hydrogen-bond acceptors (Lipinski definition) is 4. The normalized spacial score (nSPS) is 35.3. The molecule has 0 N–H and O–H groups in total. The summed E-state index contributed by atoms with van der Waals surface area (Å²) in [6.07, 6.45) is 4.91. The van der Waals surface area contributed by atoms with Gasteiger partial charge in [-0.05, 0) is 31.2 Å². The van der Waals surface area contributed by atoms with E-state index in [0.29, 0.717) is 5.69 Å². The van der Waals surface area contributed by atoms with Crippen LogP contribution in [-0.4, -0.2) is 16.7 Å². The summed E-state index contributed by atoms with van der Waals surface area (Å²) < 4.78 is 0. The Bertz CT molecular complexity index is 756. The highest BCUT2D eigenvalue weighted by Crippen LogP contribution is 2.60. The van der Waals surface area contributed by atoms with Gasteiger partial charge in [-0.15, -0.1) is 0 Å². The number of carbonyl (C=O) groups excluding carboxylic acids is 2. The SMILES string of the molecule is C[C@]12C(=O)N(c3cccc([N+](=O)[O-])c3)C(=O)[C@H]1[C@H]1C=C[C@H]2C1. The summed E-state index contributed by atoms with van der Waals surface area (Å²) in [5.41, 5.74) is -0.540. The second kappa shape index (κ2) is 4.03. The van der Waals surface area contributed by atoms with Crippen molar-refractivity contribution >= 4 is 23.2 Å². The van der Waals surface area contributed by atoms with Gasteiger partial charge in [-0.3, -0.25) is 19.7 Å². The minimum Gasteiger partial charge on any atom is -0.274 e. The van der Waals surface area contributed by atoms with E-state index in [-0.39, 0.29) is 35.3 Å². The van der Waals surface area contributed by atoms with Crippen LogP contribution < -0.4 is 4.90 Å². The number of amides is 2. The Labute approximate surface area is 126 Å². The molecule has 2 bridgehead atoms. The van der Waals surface area contributed by atoms with Gasteiger partial charge in [0.2, 0.25) is 11.8 Å². The summed E-state index contributed by atoms with van der Waals surface area (Å²) in [7, 11) is 0. The molecule has 4 rings (SSSR count). The van der Waals surface area contributed by atoms with Crippen molar-refractivity contribution in [3.05, 3.63) is 46.5 Å². The van der Waals surface area contributed by atoms with Crippen LogP contribution in [0, 0.1) is 33.3 Å². The number of fused-ring (bicyclic) bond motifs is 5. The Morgan fingerprint density at radius 3 is 2.77 bits per heavy atom. The second-order valence-corrected chi connectivity index (χ2v) is 6.41. The standard InChI is InChI=1S/C16H14N2O4/c1-16-10-6-5-9(7-10)13(16)14(19)17(15(16)20)11-3-2-4-12(8-11)18(21)22/h2-6,8-10,13H,7H2,1H3/t9-,10-,13+,16+/m0/s1. The van der Waals surface area contributed by atoms with Crippen LogP contribution in [0.1, 0.15) is 13.3 Å². The second-order valence-electron chi connectivity index (χ2n) is 6.41. The van der Waals surface area contributed by atoms with Gasteiger partial charge in [0.05, 0.1) is 21.9 Å². The van der Waals surface area contributed by atoms with Crippen molar-refractivity contribution in [3.63, 3.8) is 0 Å². The predicted molar refractivity (Wildman–Crippen MR) is 77.9 cm³/mol. The van der Waals surface area contributed by atoms with E-state index in [4.69, 9.17) is 0 Å². The first-order chi connectivity index (χ1) is 10.4. The minimum atomic E-state index is -0.707. The molecule has 1 aromatic rings. The molecule has 1 saturated heterocycles. The number of benzene rings is 1. The maximum Gasteiger partial charge on any atom is 0.271 e. The molecule has 1 heterocycles. The third-order valence-electron chi connectivity index (χ3n) is 5.41. The van der Waals surface area contributed by atoms with Crippen LogP contribution in [0.3, 0.4) is 0 Å². The number of imide groups is 1. The zero-order chi connectivity index (χ0) is 15.6. The maximum atomic E-state index is 12.9. The zero-order valence-corrected chi connectivity index (χ0v) is 11.9. The molecule has 1 aliphatic heterocycles. The third-order valence-corrected chi connectivity index (χ3v) is 5.41. The molecule has 0 unspecified atom stereocenters. The summed E-state index contributed by atoms with van der Waals surface area (Å²) in [4.78, 5) is 37.2. The topological polar surface area (TPSA) is 80.5 Å². The average molecular weight is 298 g/mol. The van der Waals surface area contributed by atoms with E-state index in [9.17, 15) is 19.7 Å². The molecule has 2 fully saturated rings. The van der Waals surface area contributed by atoms with Crippen LogP contribution in [0.2, 0.25) is 0 Å². The Balaban J connectivity index is 1.79. The Morgan fingerprint density at radius 2 is 2.09 bits per heavy atom. The van der Waals surface area contributed by atoms with E-state index in [0.717, 1.165) is 11.3 Å². The van der Waals surface area contributed by atoms with E-state index < -0.39 is 10.3 Å². The first-order valence-corrected chi connectivity index (χ1v) is 7.26. The zero-order valence-electron chi connectivity index (χ0n) is 11.9. The van der Waals surface area contributed by atoms with Crippen molar-refractivity contribution in [1.29, 1.82) is 0 Å². The van der Waals surface area contributed by atoms with Crippen LogP contribution >= 0.6 is 0 Å². The van der Waals surface area contributed by atoms with E-state index in [1.165, 1.54) is 18.2 Å². The van der Waals surface area contributed by atoms with E-state index >= 15 is 0 Å². The van der Waals surface area contributed by atoms with Crippen LogP contribution in [0.4, 0.5) is 11.4 Å². The summed E-state index contributed by atoms with van der Waals surface area (Å²) in [6, 6.07) is 5.71. The molecule has 1 saturated carbocycles. The maximum absolute atomic E-state index is 12.9. The van der Waals surface area contributed by atoms with Gasteiger partial charge in [0.25, 0.3) is 5.69 Å². The first kappa shape index (κ1) is 13.2. The van der Waals surface area contributed by atoms with Crippen molar-refractivity contribution in [3.8, 4) is 0 Å². The van der Waals surface area contributed by atoms with Crippen molar-refractivity contribution in [2.24, 2.45) is 23.2 Å². The molecule has 2 aliphatic carbocycles. The lowest BCUT2D eigenvalue weighted by atomic mass is 9.71. The number of nitrogens with zero attached hydrogens (tertiary/aromatic N) is 2. The van der Waals surface area contributed by atoms with E-state index in [2.05, 4.69) is 0 Å². The van der Waals surface area contributed by atoms with Gasteiger partial charge in [0, 0.05) is 12.1 Å². The Kier molecular flexibility index (Phi) is 2.41. The first-order valence-electron chi connectivity index (χ1n) is 7.26. The van der Waals surface area contributed by atoms with Crippen LogP contribution in [-0.2, 0) is 9.59 Å². The number of rotatable bonds is 2. The highest BCUT2D eigenvalue weighted by molar-refractivity contribution is 6.24. The fourth-order valence-corrected chi connectivity index (χ4v) is 4.30. The molecule has 22 heavy (non-hydrogen) atoms. The van der Waals surface area contributed by atoms with Gasteiger partial charge in [0.15, 0.2) is 0 Å². The fraction of sp³-hybridized carbons (Fsp3) is 0.375. The van der Waals surface area contributed by atoms with Gasteiger partial charge in [0.1, 0.15) is 0 Å². The summed E-state index contributed by atoms with van der Waals surface area (Å²) in [5, 5.41) is 10.9. The number of nitro groups is 1. The summed E-state index contributed by atoms with van der Waals surface area (Å²) in [6.45, 7) is 1.85. The molecule has 6 heteroatoms. The van der Waals surface area contributed by atoms with Crippen molar-refractivity contribution < 1.29 is 14.5 Å². The number of carbonyl (C=O) groups is 2. The number of nitro benzene ring substituents is 1. The molecular weight excluding hydrogens is 284 g/mol. The lowest BCUT2D eigenvalue weighted by molar-refractivity contribution is -0.384. The number of anilines is 1. The molecule has 6 nitrogen and oxygen atoms in total. The predicted octanol–water partition coefficient (Wildman–Crippen LogP) is 2.30. The molecule has 4 atom stereocenters. The lowest BCUT2D eigenvalue weighted by Crippen LogP contribution is -2.37. The molecule has 3 aliphatic rings. The van der Waals surface area contributed by atoms with E-state index in [1.807, 2.05) is 19.1 Å². The van der Waals surface area contributed by atoms with Crippen LogP contribution in [0.25, 0.3) is 0 Å². The highest BCUT2D eigenvalue weighted by atomic mass is 16.6. The lowest BCUT2D eigenvalue weighted by Gasteiger charge is -2.28. The van der Waals surface area contributed by atoms with Gasteiger partial charge in [-0.2, -0.15) is 0 Å². The number of hydrogen-bond donors (Lipinski definition) is 0. The molecule has 2 amide bonds. The summed E-state index contributed by atoms with van der Waals surface area (Å²) >= 11 is 0. The van der Waals surface area contributed by atoms with Crippen LogP contribution in [0.15, 0.2) is 36.4 Å². The van der Waals surface area contributed by atoms with Gasteiger partial charge in [-0.25, -0.2) is 4.90 Å². The summed E-state index contributed by atoms with van der Waals surface area (Å²) in [5.74, 6) is -0.614. The van der Waals surface area contributed by atoms with Crippen LogP contribution in [0.5, 0.6) is 0 Å². The quantitative estimate of drug-likeness (QED) is 0.363. The highest BCUT2D eigenvalue weighted by Gasteiger charge is 2.67. The third kappa shape index (κ3) is 1.39. The molecule has 0 spiro atoms. The fourth-order valence-electron chi connectivity index (χ4n) is 4.30. The Morgan fingerprint density at radius 1 is 1.32 bits per heavy atom. The van der Waals surface area contributed by atoms with Gasteiger partial charge in [-0.1, -0.05) is 18.2 Å². The molecule has 112 valence electrons. The van der Waals surface area contributed by atoms with Gasteiger partial charge >= 0.3 is 0 Å². The van der Waals surface area contributed by atoms with Crippen molar-refractivity contribution in [2.45, 2.75) is 13.3 Å². The minimum absolute atomic E-state index is 0.0858. The molecule has 0 radical (unpaired) electrons. The largest absolute Gasteiger partial charge is 0.274 e. The molecule has 1 aromatic carbocycles. The smallest absolute Gasteiger partial charge is 0.271 e. The van der Waals surface area contributed by atoms with Gasteiger partial charge < -0.3 is 0 Å². The number of non-ortho nitro benzene ring substituents is 1.